The first-order chi connectivity index (χ1) is 15.3. The first kappa shape index (κ1) is 23.3. The highest BCUT2D eigenvalue weighted by Gasteiger charge is 2.45. The third-order valence-corrected chi connectivity index (χ3v) is 9.82. The first-order valence-electron chi connectivity index (χ1n) is 10.8. The number of sulfonamides is 1. The number of carbonyl (C=O) groups excluding carboxylic acids is 2. The van der Waals surface area contributed by atoms with Crippen LogP contribution in [-0.2, 0) is 24.3 Å². The van der Waals surface area contributed by atoms with E-state index in [2.05, 4.69) is 11.9 Å². The third kappa shape index (κ3) is 4.73. The largest absolute Gasteiger partial charge is 0.381 e. The van der Waals surface area contributed by atoms with Crippen molar-refractivity contribution < 1.29 is 22.7 Å². The van der Waals surface area contributed by atoms with Gasteiger partial charge in [-0.15, -0.1) is 11.8 Å². The van der Waals surface area contributed by atoms with Crippen LogP contribution in [0.25, 0.3) is 0 Å². The van der Waals surface area contributed by atoms with E-state index in [-0.39, 0.29) is 39.2 Å². The molecule has 0 aliphatic carbocycles. The molecule has 3 saturated heterocycles. The second-order valence-corrected chi connectivity index (χ2v) is 11.9. The number of nitrogens with zero attached hydrogens (tertiary/aromatic N) is 2. The molecule has 32 heavy (non-hydrogen) atoms. The zero-order valence-electron chi connectivity index (χ0n) is 18.1. The highest BCUT2D eigenvalue weighted by Crippen LogP contribution is 2.43. The number of thioether (sulfide) groups is 1. The maximum atomic E-state index is 13.2. The van der Waals surface area contributed by atoms with Crippen LogP contribution in [0.1, 0.15) is 19.3 Å². The van der Waals surface area contributed by atoms with E-state index >= 15 is 0 Å². The number of anilines is 1. The summed E-state index contributed by atoms with van der Waals surface area (Å²) in [6.45, 7) is 5.54. The number of nitrogens with one attached hydrogen (secondary N) is 1. The van der Waals surface area contributed by atoms with Crippen LogP contribution in [0.3, 0.4) is 0 Å². The Labute approximate surface area is 193 Å². The van der Waals surface area contributed by atoms with E-state index in [4.69, 9.17) is 4.74 Å². The smallest absolute Gasteiger partial charge is 0.244 e. The Morgan fingerprint density at radius 1 is 1.22 bits per heavy atom. The minimum atomic E-state index is -3.61. The van der Waals surface area contributed by atoms with Gasteiger partial charge in [-0.05, 0) is 55.5 Å². The number of ether oxygens (including phenoxy) is 1. The van der Waals surface area contributed by atoms with E-state index in [1.54, 1.807) is 48.0 Å². The summed E-state index contributed by atoms with van der Waals surface area (Å²) in [5.74, 6) is -0.00939. The average Bonchev–Trinajstić information content (AvgIpc) is 3.38. The lowest BCUT2D eigenvalue weighted by atomic mass is 9.98. The molecule has 3 heterocycles. The summed E-state index contributed by atoms with van der Waals surface area (Å²) in [5.41, 5.74) is 0.676. The molecule has 174 valence electrons. The summed E-state index contributed by atoms with van der Waals surface area (Å²) in [5, 5.41) is 3.06. The third-order valence-electron chi connectivity index (χ3n) is 6.45. The molecule has 1 N–H and O–H groups in total. The zero-order valence-corrected chi connectivity index (χ0v) is 19.7. The second-order valence-electron chi connectivity index (χ2n) is 8.47. The molecule has 1 aromatic rings. The zero-order chi connectivity index (χ0) is 22.9. The van der Waals surface area contributed by atoms with E-state index in [0.717, 1.165) is 6.42 Å². The van der Waals surface area contributed by atoms with Gasteiger partial charge >= 0.3 is 0 Å². The van der Waals surface area contributed by atoms with E-state index in [9.17, 15) is 18.0 Å². The van der Waals surface area contributed by atoms with Crippen LogP contribution in [-0.4, -0.2) is 68.5 Å². The first-order valence-corrected chi connectivity index (χ1v) is 13.2. The summed E-state index contributed by atoms with van der Waals surface area (Å²) in [4.78, 5) is 26.1. The fraction of sp³-hybridized carbons (Fsp3) is 0.545. The van der Waals surface area contributed by atoms with Gasteiger partial charge in [0.05, 0.1) is 10.3 Å². The van der Waals surface area contributed by atoms with Gasteiger partial charge in [0.15, 0.2) is 0 Å². The number of hydrogen-bond acceptors (Lipinski definition) is 6. The molecule has 1 aromatic carbocycles. The van der Waals surface area contributed by atoms with Gasteiger partial charge in [-0.3, -0.25) is 9.59 Å². The number of rotatable bonds is 6. The molecule has 0 aromatic heterocycles. The Morgan fingerprint density at radius 3 is 2.53 bits per heavy atom. The van der Waals surface area contributed by atoms with Crippen molar-refractivity contribution in [2.75, 3.05) is 38.3 Å². The summed E-state index contributed by atoms with van der Waals surface area (Å²) in [6.07, 6.45) is 3.43. The van der Waals surface area contributed by atoms with Crippen molar-refractivity contribution in [2.45, 2.75) is 34.8 Å². The summed E-state index contributed by atoms with van der Waals surface area (Å²) in [7, 11) is -1.89. The highest BCUT2D eigenvalue weighted by molar-refractivity contribution is 8.00. The van der Waals surface area contributed by atoms with Gasteiger partial charge in [0, 0.05) is 50.2 Å². The number of benzene rings is 1. The maximum absolute atomic E-state index is 13.2. The van der Waals surface area contributed by atoms with Crippen LogP contribution in [0.15, 0.2) is 41.8 Å². The van der Waals surface area contributed by atoms with Gasteiger partial charge in [-0.1, -0.05) is 6.58 Å². The Kier molecular flexibility index (Phi) is 6.94. The van der Waals surface area contributed by atoms with Crippen LogP contribution in [0.4, 0.5) is 5.69 Å². The molecule has 3 fully saturated rings. The lowest BCUT2D eigenvalue weighted by molar-refractivity contribution is -0.124. The van der Waals surface area contributed by atoms with Gasteiger partial charge < -0.3 is 15.0 Å². The molecule has 0 spiro atoms. The molecule has 0 bridgehead atoms. The van der Waals surface area contributed by atoms with Crippen LogP contribution < -0.4 is 10.2 Å². The van der Waals surface area contributed by atoms with Crippen molar-refractivity contribution in [1.82, 2.24) is 9.62 Å². The predicted molar refractivity (Wildman–Crippen MR) is 124 cm³/mol. The molecule has 8 nitrogen and oxygen atoms in total. The second kappa shape index (κ2) is 9.54. The fourth-order valence-corrected chi connectivity index (χ4v) is 7.84. The monoisotopic (exact) mass is 479 g/mol. The van der Waals surface area contributed by atoms with Crippen molar-refractivity contribution in [1.29, 1.82) is 0 Å². The topological polar surface area (TPSA) is 96.0 Å². The maximum Gasteiger partial charge on any atom is 0.244 e. The molecule has 3 aliphatic heterocycles. The van der Waals surface area contributed by atoms with E-state index in [1.165, 1.54) is 10.4 Å². The van der Waals surface area contributed by atoms with Crippen molar-refractivity contribution in [2.24, 2.45) is 11.8 Å². The van der Waals surface area contributed by atoms with Crippen molar-refractivity contribution in [3.63, 3.8) is 0 Å². The van der Waals surface area contributed by atoms with Crippen LogP contribution in [0.5, 0.6) is 0 Å². The van der Waals surface area contributed by atoms with Gasteiger partial charge in [-0.2, -0.15) is 4.31 Å². The molecule has 3 unspecified atom stereocenters. The van der Waals surface area contributed by atoms with E-state index in [1.807, 2.05) is 0 Å². The highest BCUT2D eigenvalue weighted by atomic mass is 32.2. The molecule has 4 rings (SSSR count). The minimum Gasteiger partial charge on any atom is -0.381 e. The molecule has 0 radical (unpaired) electrons. The molecule has 10 heteroatoms. The van der Waals surface area contributed by atoms with Crippen molar-refractivity contribution in [3.8, 4) is 0 Å². The predicted octanol–water partition coefficient (Wildman–Crippen LogP) is 1.83. The van der Waals surface area contributed by atoms with Crippen molar-refractivity contribution in [3.05, 3.63) is 36.9 Å². The average molecular weight is 480 g/mol. The summed E-state index contributed by atoms with van der Waals surface area (Å²) < 4.78 is 33.2. The van der Waals surface area contributed by atoms with Gasteiger partial charge in [-0.25, -0.2) is 8.42 Å². The van der Waals surface area contributed by atoms with E-state index in [0.29, 0.717) is 44.8 Å². The molecule has 3 aliphatic rings. The summed E-state index contributed by atoms with van der Waals surface area (Å²) in [6, 6.07) is 6.53. The van der Waals surface area contributed by atoms with Crippen LogP contribution >= 0.6 is 11.8 Å². The minimum absolute atomic E-state index is 0.00318. The van der Waals surface area contributed by atoms with Crippen LogP contribution in [0, 0.1) is 11.8 Å². The van der Waals surface area contributed by atoms with Gasteiger partial charge in [0.1, 0.15) is 0 Å². The number of carbonyl (C=O) groups is 2. The molecular formula is C22H29N3O5S2. The number of fused-ring (bicyclic) bond motifs is 1. The standard InChI is InChI=1S/C22H29N3O5S2/c1-3-20(26)23-21-12-16-13-25(14-19(16)31-21)32(28,29)18-6-4-17(5-7-18)24(2)22(27)15-8-10-30-11-9-15/h3-7,15-16,19,21H,1,8-14H2,2H3,(H,23,26). The van der Waals surface area contributed by atoms with Crippen LogP contribution in [0.2, 0.25) is 0 Å². The Balaban J connectivity index is 1.38. The molecule has 2 amide bonds. The quantitative estimate of drug-likeness (QED) is 0.626. The van der Waals surface area contributed by atoms with E-state index < -0.39 is 10.0 Å². The SMILES string of the molecule is C=CC(=O)NC1CC2CN(S(=O)(=O)c3ccc(N(C)C(=O)C4CCOCC4)cc3)CC2S1. The molecular weight excluding hydrogens is 450 g/mol. The van der Waals surface area contributed by atoms with Gasteiger partial charge in [0.25, 0.3) is 0 Å². The molecule has 0 saturated carbocycles. The number of hydrogen-bond donors (Lipinski definition) is 1. The summed E-state index contributed by atoms with van der Waals surface area (Å²) >= 11 is 1.62. The lowest BCUT2D eigenvalue weighted by Crippen LogP contribution is -2.36. The normalized spacial score (nSPS) is 26.5. The fourth-order valence-electron chi connectivity index (χ4n) is 4.57. The van der Waals surface area contributed by atoms with Gasteiger partial charge in [0.2, 0.25) is 21.8 Å². The Hall–Kier alpha value is -1.88. The number of amides is 2. The molecule has 3 atom stereocenters. The lowest BCUT2D eigenvalue weighted by Gasteiger charge is -2.26. The Bertz CT molecular complexity index is 962. The Morgan fingerprint density at radius 2 is 1.91 bits per heavy atom. The van der Waals surface area contributed by atoms with Crippen molar-refractivity contribution >= 4 is 39.3 Å².